The molecule has 236 valence electrons. The van der Waals surface area contributed by atoms with Crippen molar-refractivity contribution >= 4 is 35.8 Å². The molecule has 1 atom stereocenters. The second-order valence-electron chi connectivity index (χ2n) is 12.1. The lowest BCUT2D eigenvalue weighted by Crippen LogP contribution is -2.47. The highest BCUT2D eigenvalue weighted by Gasteiger charge is 2.46. The molecule has 4 heterocycles. The van der Waals surface area contributed by atoms with E-state index in [0.717, 1.165) is 66.3 Å². The molecule has 44 heavy (non-hydrogen) atoms. The first-order chi connectivity index (χ1) is 20.8. The molecule has 2 fully saturated rings. The Kier molecular flexibility index (Phi) is 9.87. The Bertz CT molecular complexity index is 1560. The largest absolute Gasteiger partial charge is 0.448 e. The van der Waals surface area contributed by atoms with Gasteiger partial charge in [-0.05, 0) is 95.1 Å². The molecule has 0 bridgehead atoms. The number of nitrogens with one attached hydrogen (secondary N) is 3. The quantitative estimate of drug-likeness (QED) is 0.265. The van der Waals surface area contributed by atoms with Gasteiger partial charge < -0.3 is 30.0 Å². The molecule has 3 aliphatic rings. The van der Waals surface area contributed by atoms with E-state index in [0.29, 0.717) is 22.6 Å². The predicted molar refractivity (Wildman–Crippen MR) is 180 cm³/mol. The molecule has 1 amide bonds. The summed E-state index contributed by atoms with van der Waals surface area (Å²) in [5.41, 5.74) is 5.45. The van der Waals surface area contributed by atoms with Crippen molar-refractivity contribution in [1.29, 1.82) is 0 Å². The third kappa shape index (κ3) is 6.32. The molecule has 0 aliphatic carbocycles. The number of carbonyl (C=O) groups excluding carboxylic acids is 1. The number of hydrogen-bond acceptors (Lipinski definition) is 7. The van der Waals surface area contributed by atoms with Crippen LogP contribution in [-0.2, 0) is 6.54 Å². The molecule has 3 aromatic rings. The SMILES string of the molecule is CSc1cc(C)[nH]c(=O)c1CNC(=O)c1cc(-c2ccc(N3CCCCC3)cc2)c2c(c1C)OC(C)(C1CCNCC1)O2.Cl. The molecule has 0 saturated carbocycles. The lowest BCUT2D eigenvalue weighted by Gasteiger charge is -2.35. The number of aromatic nitrogens is 1. The van der Waals surface area contributed by atoms with Crippen molar-refractivity contribution in [3.8, 4) is 22.6 Å². The molecular weight excluding hydrogens is 596 g/mol. The topological polar surface area (TPSA) is 95.7 Å². The Morgan fingerprint density at radius 3 is 2.41 bits per heavy atom. The minimum atomic E-state index is -0.810. The fourth-order valence-corrected chi connectivity index (χ4v) is 7.36. The number of rotatable bonds is 7. The number of amides is 1. The second-order valence-corrected chi connectivity index (χ2v) is 13.0. The van der Waals surface area contributed by atoms with E-state index in [4.69, 9.17) is 9.47 Å². The summed E-state index contributed by atoms with van der Waals surface area (Å²) in [6.07, 6.45) is 7.58. The van der Waals surface area contributed by atoms with Crippen LogP contribution in [0.15, 0.2) is 46.1 Å². The molecule has 3 aliphatic heterocycles. The van der Waals surface area contributed by atoms with Crippen molar-refractivity contribution in [2.24, 2.45) is 5.92 Å². The van der Waals surface area contributed by atoms with Crippen LogP contribution < -0.4 is 30.6 Å². The van der Waals surface area contributed by atoms with Crippen molar-refractivity contribution < 1.29 is 14.3 Å². The number of fused-ring (bicyclic) bond motifs is 1. The Morgan fingerprint density at radius 1 is 1.05 bits per heavy atom. The number of aromatic amines is 1. The number of ether oxygens (including phenoxy) is 2. The van der Waals surface area contributed by atoms with Gasteiger partial charge in [0.1, 0.15) is 0 Å². The summed E-state index contributed by atoms with van der Waals surface area (Å²) in [6, 6.07) is 12.4. The van der Waals surface area contributed by atoms with Crippen molar-refractivity contribution in [2.45, 2.75) is 70.1 Å². The van der Waals surface area contributed by atoms with Crippen molar-refractivity contribution in [3.05, 3.63) is 69.1 Å². The number of anilines is 1. The summed E-state index contributed by atoms with van der Waals surface area (Å²) in [5, 5.41) is 6.44. The van der Waals surface area contributed by atoms with Gasteiger partial charge in [0.25, 0.3) is 17.3 Å². The third-order valence-corrected chi connectivity index (χ3v) is 10.00. The fourth-order valence-electron chi connectivity index (χ4n) is 6.65. The average Bonchev–Trinajstić information content (AvgIpc) is 3.40. The highest BCUT2D eigenvalue weighted by atomic mass is 35.5. The number of piperidine rings is 2. The highest BCUT2D eigenvalue weighted by molar-refractivity contribution is 7.98. The first-order valence-electron chi connectivity index (χ1n) is 15.4. The molecule has 2 aromatic carbocycles. The van der Waals surface area contributed by atoms with Crippen LogP contribution in [0.2, 0.25) is 0 Å². The number of hydrogen-bond donors (Lipinski definition) is 3. The summed E-state index contributed by atoms with van der Waals surface area (Å²) in [4.78, 5) is 32.7. The smallest absolute Gasteiger partial charge is 0.254 e. The zero-order valence-electron chi connectivity index (χ0n) is 26.0. The summed E-state index contributed by atoms with van der Waals surface area (Å²) in [7, 11) is 0. The predicted octanol–water partition coefficient (Wildman–Crippen LogP) is 6.21. The van der Waals surface area contributed by atoms with Crippen LogP contribution >= 0.6 is 24.2 Å². The van der Waals surface area contributed by atoms with E-state index in [1.807, 2.05) is 39.2 Å². The van der Waals surface area contributed by atoms with E-state index in [2.05, 4.69) is 44.8 Å². The molecule has 10 heteroatoms. The summed E-state index contributed by atoms with van der Waals surface area (Å²) < 4.78 is 13.4. The van der Waals surface area contributed by atoms with Crippen LogP contribution in [0.25, 0.3) is 11.1 Å². The Morgan fingerprint density at radius 2 is 1.73 bits per heavy atom. The Balaban J connectivity index is 0.00000384. The van der Waals surface area contributed by atoms with Gasteiger partial charge in [-0.15, -0.1) is 24.2 Å². The van der Waals surface area contributed by atoms with Gasteiger partial charge in [0.2, 0.25) is 0 Å². The Hall–Kier alpha value is -3.14. The highest BCUT2D eigenvalue weighted by Crippen LogP contribution is 2.52. The molecule has 1 unspecified atom stereocenters. The number of aryl methyl sites for hydroxylation is 1. The lowest BCUT2D eigenvalue weighted by atomic mass is 9.90. The van der Waals surface area contributed by atoms with E-state index in [1.54, 1.807) is 0 Å². The zero-order chi connectivity index (χ0) is 30.1. The molecule has 1 aromatic heterocycles. The number of nitrogens with zero attached hydrogens (tertiary/aromatic N) is 1. The number of carbonyl (C=O) groups is 1. The van der Waals surface area contributed by atoms with Crippen LogP contribution in [-0.4, -0.2) is 49.1 Å². The summed E-state index contributed by atoms with van der Waals surface area (Å²) in [5.74, 6) is 0.486. The minimum Gasteiger partial charge on any atom is -0.448 e. The normalized spacial score (nSPS) is 19.9. The van der Waals surface area contributed by atoms with Gasteiger partial charge in [0.05, 0.1) is 0 Å². The molecule has 8 nitrogen and oxygen atoms in total. The van der Waals surface area contributed by atoms with Gasteiger partial charge in [0.15, 0.2) is 11.5 Å². The van der Waals surface area contributed by atoms with E-state index >= 15 is 0 Å². The Labute approximate surface area is 270 Å². The standard InChI is InChI=1S/C34H42N4O4S.ClH/c1-21-18-29(43-4)28(33(40)37-21)20-36-32(39)26-19-27(23-8-10-25(11-9-23)38-16-6-5-7-17-38)31-30(22(26)2)41-34(3,42-31)24-12-14-35-15-13-24;/h8-11,18-19,24,35H,5-7,12-17,20H2,1-4H3,(H,36,39)(H,37,40);1H. The van der Waals surface area contributed by atoms with Crippen LogP contribution in [0.3, 0.4) is 0 Å². The van der Waals surface area contributed by atoms with E-state index in [1.165, 1.54) is 36.7 Å². The van der Waals surface area contributed by atoms with Crippen molar-refractivity contribution in [3.63, 3.8) is 0 Å². The van der Waals surface area contributed by atoms with Gasteiger partial charge in [-0.3, -0.25) is 9.59 Å². The van der Waals surface area contributed by atoms with Crippen LogP contribution in [0.4, 0.5) is 5.69 Å². The maximum Gasteiger partial charge on any atom is 0.254 e. The second kappa shape index (κ2) is 13.5. The maximum absolute atomic E-state index is 13.8. The molecular formula is C34H43ClN4O4S. The number of thioether (sulfide) groups is 1. The number of pyridine rings is 1. The van der Waals surface area contributed by atoms with Gasteiger partial charge in [0, 0.05) is 71.0 Å². The molecule has 0 radical (unpaired) electrons. The maximum atomic E-state index is 13.8. The van der Waals surface area contributed by atoms with Crippen molar-refractivity contribution in [1.82, 2.24) is 15.6 Å². The first kappa shape index (κ1) is 32.3. The zero-order valence-corrected chi connectivity index (χ0v) is 27.6. The summed E-state index contributed by atoms with van der Waals surface area (Å²) in [6.45, 7) is 9.95. The van der Waals surface area contributed by atoms with E-state index in [-0.39, 0.29) is 36.3 Å². The average molecular weight is 639 g/mol. The molecule has 2 saturated heterocycles. The first-order valence-corrected chi connectivity index (χ1v) is 16.7. The number of H-pyrrole nitrogens is 1. The van der Waals surface area contributed by atoms with Gasteiger partial charge >= 0.3 is 0 Å². The van der Waals surface area contributed by atoms with Gasteiger partial charge in [-0.2, -0.15) is 0 Å². The molecule has 0 spiro atoms. The van der Waals surface area contributed by atoms with Gasteiger partial charge in [-0.1, -0.05) is 12.1 Å². The van der Waals surface area contributed by atoms with Crippen LogP contribution in [0.1, 0.15) is 66.2 Å². The van der Waals surface area contributed by atoms with Crippen LogP contribution in [0.5, 0.6) is 11.5 Å². The monoisotopic (exact) mass is 638 g/mol. The lowest BCUT2D eigenvalue weighted by molar-refractivity contribution is -0.117. The van der Waals surface area contributed by atoms with Gasteiger partial charge in [-0.25, -0.2) is 0 Å². The molecule has 3 N–H and O–H groups in total. The summed E-state index contributed by atoms with van der Waals surface area (Å²) >= 11 is 1.50. The van der Waals surface area contributed by atoms with E-state index < -0.39 is 5.79 Å². The molecule has 6 rings (SSSR count). The fraction of sp³-hybridized carbons (Fsp3) is 0.471. The van der Waals surface area contributed by atoms with Crippen molar-refractivity contribution in [2.75, 3.05) is 37.3 Å². The van der Waals surface area contributed by atoms with Crippen LogP contribution in [0, 0.1) is 19.8 Å². The number of benzene rings is 2. The third-order valence-electron chi connectivity index (χ3n) is 9.19. The number of halogens is 1. The minimum absolute atomic E-state index is 0. The van der Waals surface area contributed by atoms with E-state index in [9.17, 15) is 9.59 Å².